The second kappa shape index (κ2) is 23.4. The molecule has 6 aromatic rings. The molecule has 358 valence electrons. The van der Waals surface area contributed by atoms with E-state index in [2.05, 4.69) is 307 Å². The van der Waals surface area contributed by atoms with Crippen molar-refractivity contribution in [2.75, 3.05) is 0 Å². The molecule has 0 aliphatic carbocycles. The molecule has 0 aliphatic heterocycles. The second-order valence-electron chi connectivity index (χ2n) is 24.2. The number of rotatable bonds is 6. The normalized spacial score (nSPS) is 12.6. The molecule has 0 saturated heterocycles. The summed E-state index contributed by atoms with van der Waals surface area (Å²) < 4.78 is 0. The molecular formula is C66H84Ni. The fourth-order valence-electron chi connectivity index (χ4n) is 7.14. The first kappa shape index (κ1) is 56.4. The third kappa shape index (κ3) is 18.9. The topological polar surface area (TPSA) is 0 Å². The van der Waals surface area contributed by atoms with E-state index in [1.165, 1.54) is 66.8 Å². The van der Waals surface area contributed by atoms with Gasteiger partial charge in [0.1, 0.15) is 0 Å². The molecule has 0 nitrogen and oxygen atoms in total. The molecule has 0 aromatic heterocycles. The molecule has 0 heterocycles. The van der Waals surface area contributed by atoms with E-state index in [0.717, 1.165) is 0 Å². The molecule has 1 heteroatoms. The van der Waals surface area contributed by atoms with Gasteiger partial charge in [0.25, 0.3) is 0 Å². The Labute approximate surface area is 420 Å². The zero-order chi connectivity index (χ0) is 49.1. The first-order valence-electron chi connectivity index (χ1n) is 24.2. The molecular weight excluding hydrogens is 851 g/mol. The van der Waals surface area contributed by atoms with Crippen LogP contribution in [-0.2, 0) is 49.0 Å². The van der Waals surface area contributed by atoms with Crippen molar-refractivity contribution in [1.29, 1.82) is 0 Å². The Morgan fingerprint density at radius 3 is 0.343 bits per heavy atom. The maximum absolute atomic E-state index is 2.24. The summed E-state index contributed by atoms with van der Waals surface area (Å²) in [5.41, 5.74) is 17.0. The Morgan fingerprint density at radius 2 is 0.269 bits per heavy atom. The number of benzene rings is 6. The molecule has 6 aromatic carbocycles. The summed E-state index contributed by atoms with van der Waals surface area (Å²) in [6, 6.07) is 53.0. The molecule has 0 aliphatic rings. The fourth-order valence-corrected chi connectivity index (χ4v) is 7.14. The van der Waals surface area contributed by atoms with Crippen LogP contribution in [0.2, 0.25) is 0 Å². The minimum Gasteiger partial charge on any atom is -0.0579 e. The minimum atomic E-state index is 0. The van der Waals surface area contributed by atoms with Crippen LogP contribution in [0, 0.1) is 0 Å². The van der Waals surface area contributed by atoms with Gasteiger partial charge in [-0.05, 0) is 99.3 Å². The molecule has 0 unspecified atom stereocenters. The van der Waals surface area contributed by atoms with E-state index in [9.17, 15) is 0 Å². The zero-order valence-corrected chi connectivity index (χ0v) is 45.6. The van der Waals surface area contributed by atoms with Crippen LogP contribution >= 0.6 is 0 Å². The van der Waals surface area contributed by atoms with Gasteiger partial charge in [-0.15, -0.1) is 0 Å². The van der Waals surface area contributed by atoms with E-state index in [1.54, 1.807) is 0 Å². The summed E-state index contributed by atoms with van der Waals surface area (Å²) in [6.45, 7) is 40.4. The van der Waals surface area contributed by atoms with Crippen LogP contribution in [0.1, 0.15) is 191 Å². The molecule has 0 radical (unpaired) electrons. The average molecular weight is 936 g/mol. The summed E-state index contributed by atoms with van der Waals surface area (Å²) in [4.78, 5) is 0. The number of hydrogen-bond acceptors (Lipinski definition) is 0. The van der Waals surface area contributed by atoms with Crippen LogP contribution in [0.25, 0.3) is 36.5 Å². The van der Waals surface area contributed by atoms with Gasteiger partial charge in [0.05, 0.1) is 0 Å². The fraction of sp³-hybridized carbons (Fsp3) is 0.364. The molecule has 0 saturated carbocycles. The first-order chi connectivity index (χ1) is 30.5. The Morgan fingerprint density at radius 1 is 0.179 bits per heavy atom. The Balaban J connectivity index is 0.000000264. The van der Waals surface area contributed by atoms with Crippen LogP contribution in [0.3, 0.4) is 0 Å². The van der Waals surface area contributed by atoms with E-state index < -0.39 is 0 Å². The summed E-state index contributed by atoms with van der Waals surface area (Å²) in [7, 11) is 0. The van der Waals surface area contributed by atoms with Gasteiger partial charge in [-0.25, -0.2) is 0 Å². The molecule has 6 rings (SSSR count). The van der Waals surface area contributed by atoms with Crippen LogP contribution < -0.4 is 0 Å². The first-order valence-corrected chi connectivity index (χ1v) is 24.2. The van der Waals surface area contributed by atoms with Crippen LogP contribution in [0.15, 0.2) is 146 Å². The van der Waals surface area contributed by atoms with Crippen molar-refractivity contribution in [2.24, 2.45) is 0 Å². The SMILES string of the molecule is CC(C)(C)c1ccc(C=Cc2ccc(C(C)(C)C)cc2)cc1.CC(C)(C)c1ccc(C=Cc2ccc(C(C)(C)C)cc2)cc1.CC(C)(C)c1ccc(C=Cc2ccc(C(C)(C)C)cc2)cc1.[Ni]. The molecule has 0 spiro atoms. The zero-order valence-electron chi connectivity index (χ0n) is 44.6. The standard InChI is InChI=1S/3C22H28.Ni/c3*1-21(2,3)19-13-9-17(10-14-19)7-8-18-11-15-20(16-12-18)22(4,5)6;/h3*7-16H,1-6H3;. The van der Waals surface area contributed by atoms with E-state index >= 15 is 0 Å². The van der Waals surface area contributed by atoms with Crippen LogP contribution in [0.5, 0.6) is 0 Å². The van der Waals surface area contributed by atoms with E-state index in [-0.39, 0.29) is 49.0 Å². The van der Waals surface area contributed by atoms with Gasteiger partial charge in [-0.1, -0.05) is 307 Å². The van der Waals surface area contributed by atoms with Gasteiger partial charge in [-0.3, -0.25) is 0 Å². The molecule has 0 bridgehead atoms. The molecule has 0 atom stereocenters. The van der Waals surface area contributed by atoms with Crippen molar-refractivity contribution < 1.29 is 16.5 Å². The minimum absolute atomic E-state index is 0. The van der Waals surface area contributed by atoms with Gasteiger partial charge < -0.3 is 0 Å². The summed E-state index contributed by atoms with van der Waals surface area (Å²) in [5.74, 6) is 0. The summed E-state index contributed by atoms with van der Waals surface area (Å²) in [6.07, 6.45) is 13.1. The quantitative estimate of drug-likeness (QED) is 0.115. The van der Waals surface area contributed by atoms with E-state index in [1.807, 2.05) is 0 Å². The third-order valence-corrected chi connectivity index (χ3v) is 12.1. The van der Waals surface area contributed by atoms with E-state index in [4.69, 9.17) is 0 Å². The van der Waals surface area contributed by atoms with Gasteiger partial charge in [0, 0.05) is 16.5 Å². The van der Waals surface area contributed by atoms with Crippen molar-refractivity contribution in [1.82, 2.24) is 0 Å². The largest absolute Gasteiger partial charge is 0.0579 e. The summed E-state index contributed by atoms with van der Waals surface area (Å²) >= 11 is 0. The predicted molar refractivity (Wildman–Crippen MR) is 298 cm³/mol. The van der Waals surface area contributed by atoms with Crippen molar-refractivity contribution >= 4 is 36.5 Å². The Kier molecular flexibility index (Phi) is 19.7. The average Bonchev–Trinajstić information content (AvgIpc) is 3.24. The Hall–Kier alpha value is -4.97. The molecule has 0 N–H and O–H groups in total. The van der Waals surface area contributed by atoms with Gasteiger partial charge in [0.2, 0.25) is 0 Å². The Bertz CT molecular complexity index is 2000. The smallest absolute Gasteiger partial charge is 0 e. The molecule has 0 amide bonds. The maximum atomic E-state index is 2.24. The summed E-state index contributed by atoms with van der Waals surface area (Å²) in [5, 5.41) is 0. The second-order valence-corrected chi connectivity index (χ2v) is 24.2. The monoisotopic (exact) mass is 935 g/mol. The predicted octanol–water partition coefficient (Wildman–Crippen LogP) is 19.4. The van der Waals surface area contributed by atoms with E-state index in [0.29, 0.717) is 0 Å². The van der Waals surface area contributed by atoms with Crippen LogP contribution in [-0.4, -0.2) is 0 Å². The number of hydrogen-bond donors (Lipinski definition) is 0. The van der Waals surface area contributed by atoms with Crippen LogP contribution in [0.4, 0.5) is 0 Å². The molecule has 0 fully saturated rings. The van der Waals surface area contributed by atoms with Gasteiger partial charge >= 0.3 is 0 Å². The van der Waals surface area contributed by atoms with Gasteiger partial charge in [-0.2, -0.15) is 0 Å². The molecule has 67 heavy (non-hydrogen) atoms. The van der Waals surface area contributed by atoms with Crippen molar-refractivity contribution in [3.05, 3.63) is 212 Å². The van der Waals surface area contributed by atoms with Gasteiger partial charge in [0.15, 0.2) is 0 Å². The van der Waals surface area contributed by atoms with Crippen molar-refractivity contribution in [3.63, 3.8) is 0 Å². The maximum Gasteiger partial charge on any atom is 0 e. The van der Waals surface area contributed by atoms with Crippen molar-refractivity contribution in [3.8, 4) is 0 Å². The third-order valence-electron chi connectivity index (χ3n) is 12.1. The van der Waals surface area contributed by atoms with Crippen molar-refractivity contribution in [2.45, 2.75) is 157 Å².